The van der Waals surface area contributed by atoms with Crippen LogP contribution in [0.15, 0.2) is 0 Å². The second kappa shape index (κ2) is 26.7. The molecule has 0 saturated heterocycles. The third kappa shape index (κ3) is 194. The van der Waals surface area contributed by atoms with Crippen molar-refractivity contribution in [3.63, 3.8) is 0 Å². The molecule has 36 valence electrons. The van der Waals surface area contributed by atoms with Gasteiger partial charge in [0.25, 0.3) is 0 Å². The van der Waals surface area contributed by atoms with Gasteiger partial charge < -0.3 is 12.4 Å². The topological polar surface area (TPSA) is 54.1 Å². The largest absolute Gasteiger partial charge is 1.00 e. The average molecular weight is 189 g/mol. The standard InChI is InChI=1S/ClH.HNO2.Pd/c;2-1-3;/h1H;1H;/p-1. The Labute approximate surface area is 48.7 Å². The molecule has 0 amide bonds. The molecule has 0 fully saturated rings. The van der Waals surface area contributed by atoms with Crippen molar-refractivity contribution in [3.8, 4) is 0 Å². The summed E-state index contributed by atoms with van der Waals surface area (Å²) in [6, 6.07) is 0. The fourth-order valence-corrected chi connectivity index (χ4v) is 0. The maximum absolute atomic E-state index is 8.12. The molecule has 0 saturated carbocycles. The van der Waals surface area contributed by atoms with Gasteiger partial charge in [0.05, 0.1) is 0 Å². The van der Waals surface area contributed by atoms with Crippen molar-refractivity contribution in [2.45, 2.75) is 0 Å². The number of nitrogens with one attached hydrogen (secondary N) is 1. The van der Waals surface area contributed by atoms with Gasteiger partial charge in [-0.15, -0.1) is 0 Å². The van der Waals surface area contributed by atoms with Crippen LogP contribution >= 0.6 is 0 Å². The first-order valence-electron chi connectivity index (χ1n) is 0.408. The van der Waals surface area contributed by atoms with Crippen molar-refractivity contribution in [2.75, 3.05) is 0 Å². The van der Waals surface area contributed by atoms with Gasteiger partial charge in [-0.1, -0.05) is 0 Å². The van der Waals surface area contributed by atoms with Crippen molar-refractivity contribution in [3.05, 3.63) is 10.1 Å². The van der Waals surface area contributed by atoms with Crippen molar-refractivity contribution >= 4 is 0 Å². The molecule has 0 radical (unpaired) electrons. The summed E-state index contributed by atoms with van der Waals surface area (Å²) in [5.74, 6) is 0. The zero-order valence-electron chi connectivity index (χ0n) is 2.01. The van der Waals surface area contributed by atoms with E-state index in [1.165, 1.54) is 0 Å². The van der Waals surface area contributed by atoms with E-state index >= 15 is 0 Å². The third-order valence-corrected chi connectivity index (χ3v) is 0. The molecule has 0 aromatic rings. The number of hydrogen-bond acceptors (Lipinski definition) is 2. The van der Waals surface area contributed by atoms with Crippen LogP contribution in [0.3, 0.4) is 0 Å². The van der Waals surface area contributed by atoms with Gasteiger partial charge in [0.2, 0.25) is 0 Å². The summed E-state index contributed by atoms with van der Waals surface area (Å²) in [6.07, 6.45) is 0. The number of rotatable bonds is 0. The van der Waals surface area contributed by atoms with E-state index in [1.54, 1.807) is 0 Å². The Morgan fingerprint density at radius 2 is 1.60 bits per heavy atom. The molecule has 0 aliphatic heterocycles. The molecule has 5 heavy (non-hydrogen) atoms. The summed E-state index contributed by atoms with van der Waals surface area (Å²) >= 11 is 0. The average Bonchev–Trinajstić information content (AvgIpc) is 0.918. The van der Waals surface area contributed by atoms with Gasteiger partial charge >= 0.3 is 0 Å². The van der Waals surface area contributed by atoms with E-state index in [2.05, 4.69) is 0 Å². The summed E-state index contributed by atoms with van der Waals surface area (Å²) in [6.45, 7) is 0. The minimum atomic E-state index is 0. The minimum absolute atomic E-state index is 0. The van der Waals surface area contributed by atoms with Crippen LogP contribution in [0.1, 0.15) is 0 Å². The molecule has 0 aromatic heterocycles. The summed E-state index contributed by atoms with van der Waals surface area (Å²) < 4.78 is 0. The van der Waals surface area contributed by atoms with Crippen molar-refractivity contribution in [2.24, 2.45) is 0 Å². The third-order valence-electron chi connectivity index (χ3n) is 0. The molecular formula is HClNO2Pd-. The minimum Gasteiger partial charge on any atom is -1.00 e. The van der Waals surface area contributed by atoms with Crippen LogP contribution in [0, 0.1) is 10.1 Å². The first-order valence-corrected chi connectivity index (χ1v) is 0.408. The van der Waals surface area contributed by atoms with Crippen LogP contribution in [-0.2, 0) is 20.4 Å². The summed E-state index contributed by atoms with van der Waals surface area (Å²) in [5.41, 5.74) is 0. The summed E-state index contributed by atoms with van der Waals surface area (Å²) in [5, 5.41) is 8.38. The quantitative estimate of drug-likeness (QED) is 0.236. The second-order valence-electron chi connectivity index (χ2n) is 0.0833. The fraction of sp³-hybridized carbons (Fsp3) is 0. The van der Waals surface area contributed by atoms with Gasteiger partial charge in [0.15, 0.2) is 0 Å². The van der Waals surface area contributed by atoms with Gasteiger partial charge in [-0.3, -0.25) is 10.1 Å². The van der Waals surface area contributed by atoms with Gasteiger partial charge in [-0.25, -0.2) is 0 Å². The smallest absolute Gasteiger partial charge is 0.00366 e. The van der Waals surface area contributed by atoms with Crippen molar-refractivity contribution in [1.82, 2.24) is 0 Å². The first-order chi connectivity index (χ1) is 1.41. The number of halogens is 1. The van der Waals surface area contributed by atoms with Gasteiger partial charge in [0, 0.05) is 25.8 Å². The Hall–Kier alpha value is 0.352. The number of hydrogen-bond donors (Lipinski definition) is 1. The Bertz CT molecular complexity index is 17.1. The molecule has 0 aliphatic rings. The monoisotopic (exact) mass is 188 g/mol. The van der Waals surface area contributed by atoms with E-state index in [9.17, 15) is 0 Å². The Kier molecular flexibility index (Phi) is 98.0. The van der Waals surface area contributed by atoms with Gasteiger partial charge in [-0.2, -0.15) is 0 Å². The summed E-state index contributed by atoms with van der Waals surface area (Å²) in [4.78, 5) is 8.12. The molecule has 0 rings (SSSR count). The zero-order valence-corrected chi connectivity index (χ0v) is 4.32. The van der Waals surface area contributed by atoms with Crippen LogP contribution in [0.25, 0.3) is 0 Å². The molecule has 0 atom stereocenters. The van der Waals surface area contributed by atoms with Crippen LogP contribution in [0.5, 0.6) is 0 Å². The van der Waals surface area contributed by atoms with E-state index < -0.39 is 0 Å². The fourth-order valence-electron chi connectivity index (χ4n) is 0. The molecule has 1 N–H and O–H groups in total. The predicted molar refractivity (Wildman–Crippen MR) is 7.70 cm³/mol. The predicted octanol–water partition coefficient (Wildman–Crippen LogP) is -4.67. The van der Waals surface area contributed by atoms with Gasteiger partial charge in [-0.05, 0) is 0 Å². The Morgan fingerprint density at radius 1 is 1.60 bits per heavy atom. The van der Waals surface area contributed by atoms with Crippen LogP contribution in [-0.4, -0.2) is 0 Å². The van der Waals surface area contributed by atoms with E-state index in [-0.39, 0.29) is 38.2 Å². The second-order valence-corrected chi connectivity index (χ2v) is 0.0833. The van der Waals surface area contributed by atoms with E-state index in [4.69, 9.17) is 10.1 Å². The normalized spacial score (nSPS) is 2.40. The molecule has 0 heterocycles. The van der Waals surface area contributed by atoms with E-state index in [0.717, 1.165) is 0 Å². The molecule has 3 nitrogen and oxygen atoms in total. The Balaban J connectivity index is -0.0000000200. The van der Waals surface area contributed by atoms with Crippen molar-refractivity contribution in [1.29, 1.82) is 0 Å². The molecule has 0 aromatic carbocycles. The molecule has 0 aliphatic carbocycles. The van der Waals surface area contributed by atoms with Crippen LogP contribution in [0.2, 0.25) is 0 Å². The summed E-state index contributed by atoms with van der Waals surface area (Å²) in [7, 11) is 0. The van der Waals surface area contributed by atoms with Crippen LogP contribution < -0.4 is 17.7 Å². The van der Waals surface area contributed by atoms with Crippen LogP contribution in [0.4, 0.5) is 0 Å². The molecule has 5 heteroatoms. The first kappa shape index (κ1) is 18.3. The maximum Gasteiger partial charge on any atom is 0.00366 e. The molecule has 0 bridgehead atoms. The van der Waals surface area contributed by atoms with Crippen molar-refractivity contribution < 1.29 is 38.2 Å². The Morgan fingerprint density at radius 3 is 1.60 bits per heavy atom. The molecular weight excluding hydrogens is 188 g/mol. The SMILES string of the molecule is O=[NH+][O-].[Cl-].[Pd]. The zero-order chi connectivity index (χ0) is 2.71. The van der Waals surface area contributed by atoms with Gasteiger partial charge in [0.1, 0.15) is 0 Å². The maximum atomic E-state index is 8.12. The van der Waals surface area contributed by atoms with E-state index in [1.807, 2.05) is 0 Å². The molecule has 0 unspecified atom stereocenters. The van der Waals surface area contributed by atoms with E-state index in [0.29, 0.717) is 0 Å². The molecule has 0 spiro atoms.